The van der Waals surface area contributed by atoms with E-state index in [2.05, 4.69) is 22.2 Å². The van der Waals surface area contributed by atoms with E-state index in [0.29, 0.717) is 36.7 Å². The molecular formula is C21H30N6O2. The molecule has 0 spiro atoms. The molecular weight excluding hydrogens is 368 g/mol. The summed E-state index contributed by atoms with van der Waals surface area (Å²) in [5.41, 5.74) is 7.73. The van der Waals surface area contributed by atoms with Gasteiger partial charge in [-0.2, -0.15) is 0 Å². The van der Waals surface area contributed by atoms with Gasteiger partial charge in [0.1, 0.15) is 11.5 Å². The first kappa shape index (κ1) is 21.0. The molecule has 1 aliphatic rings. The van der Waals surface area contributed by atoms with E-state index < -0.39 is 0 Å². The topological polar surface area (TPSA) is 107 Å². The van der Waals surface area contributed by atoms with Crippen LogP contribution < -0.4 is 5.73 Å². The van der Waals surface area contributed by atoms with Gasteiger partial charge in [0.2, 0.25) is 5.91 Å². The first-order chi connectivity index (χ1) is 13.9. The number of pyridine rings is 1. The number of anilines is 1. The summed E-state index contributed by atoms with van der Waals surface area (Å²) in [6, 6.07) is 3.73. The molecule has 8 heteroatoms. The lowest BCUT2D eigenvalue weighted by atomic mass is 10.1. The normalized spacial score (nSPS) is 18.9. The summed E-state index contributed by atoms with van der Waals surface area (Å²) in [6.07, 6.45) is 8.50. The Morgan fingerprint density at radius 2 is 1.86 bits per heavy atom. The van der Waals surface area contributed by atoms with Crippen LogP contribution in [0.3, 0.4) is 0 Å². The summed E-state index contributed by atoms with van der Waals surface area (Å²) in [5, 5.41) is 8.52. The standard InChI is InChI=1S/C21H30N6O2/c1-15-12-26(21(29)8-6-4-3-5-7-16(2)28)14-20(15)27-13-19(24-25-27)18-10-9-17(22)11-23-18/h9-11,13,15,20H,3-8,12,14,22H2,1-2H3/t15-,20-/m1/s1. The van der Waals surface area contributed by atoms with E-state index in [4.69, 9.17) is 5.73 Å². The van der Waals surface area contributed by atoms with Crippen LogP contribution in [0.4, 0.5) is 5.69 Å². The second-order valence-corrected chi connectivity index (χ2v) is 8.02. The highest BCUT2D eigenvalue weighted by molar-refractivity contribution is 5.76. The van der Waals surface area contributed by atoms with Crippen molar-refractivity contribution in [1.29, 1.82) is 0 Å². The lowest BCUT2D eigenvalue weighted by molar-refractivity contribution is -0.130. The molecule has 2 aromatic rings. The molecule has 0 aliphatic carbocycles. The SMILES string of the molecule is CC(=O)CCCCCCC(=O)N1C[C@@H](C)[C@H](n2cc(-c3ccc(N)cn3)nn2)C1. The Morgan fingerprint density at radius 1 is 1.10 bits per heavy atom. The molecule has 0 saturated carbocycles. The summed E-state index contributed by atoms with van der Waals surface area (Å²) in [5.74, 6) is 0.747. The summed E-state index contributed by atoms with van der Waals surface area (Å²) in [6.45, 7) is 5.16. The molecule has 0 unspecified atom stereocenters. The third-order valence-corrected chi connectivity index (χ3v) is 5.49. The van der Waals surface area contributed by atoms with Gasteiger partial charge < -0.3 is 15.4 Å². The highest BCUT2D eigenvalue weighted by Gasteiger charge is 2.34. The maximum absolute atomic E-state index is 12.6. The van der Waals surface area contributed by atoms with Gasteiger partial charge in [0, 0.05) is 25.9 Å². The van der Waals surface area contributed by atoms with E-state index in [1.165, 1.54) is 0 Å². The Kier molecular flexibility index (Phi) is 6.95. The molecule has 1 saturated heterocycles. The monoisotopic (exact) mass is 398 g/mol. The van der Waals surface area contributed by atoms with E-state index in [1.807, 2.05) is 21.8 Å². The number of amides is 1. The molecule has 2 aromatic heterocycles. The summed E-state index contributed by atoms with van der Waals surface area (Å²) >= 11 is 0. The number of Topliss-reactive ketones (excluding diaryl/α,β-unsaturated/α-hetero) is 1. The van der Waals surface area contributed by atoms with Gasteiger partial charge in [-0.1, -0.05) is 25.0 Å². The maximum Gasteiger partial charge on any atom is 0.222 e. The van der Waals surface area contributed by atoms with Gasteiger partial charge in [-0.15, -0.1) is 5.10 Å². The minimum Gasteiger partial charge on any atom is -0.397 e. The molecule has 1 fully saturated rings. The van der Waals surface area contributed by atoms with Crippen LogP contribution in [-0.2, 0) is 9.59 Å². The van der Waals surface area contributed by atoms with Crippen molar-refractivity contribution in [1.82, 2.24) is 24.9 Å². The molecule has 3 heterocycles. The number of rotatable bonds is 9. The smallest absolute Gasteiger partial charge is 0.222 e. The van der Waals surface area contributed by atoms with Crippen LogP contribution in [0.1, 0.15) is 58.4 Å². The van der Waals surface area contributed by atoms with Crippen molar-refractivity contribution < 1.29 is 9.59 Å². The van der Waals surface area contributed by atoms with Gasteiger partial charge in [-0.25, -0.2) is 4.68 Å². The number of ketones is 1. The maximum atomic E-state index is 12.6. The van der Waals surface area contributed by atoms with Crippen LogP contribution in [0.15, 0.2) is 24.5 Å². The van der Waals surface area contributed by atoms with E-state index in [-0.39, 0.29) is 17.7 Å². The van der Waals surface area contributed by atoms with Gasteiger partial charge >= 0.3 is 0 Å². The summed E-state index contributed by atoms with van der Waals surface area (Å²) in [4.78, 5) is 29.8. The Balaban J connectivity index is 1.50. The van der Waals surface area contributed by atoms with Crippen LogP contribution in [0.25, 0.3) is 11.4 Å². The second kappa shape index (κ2) is 9.62. The van der Waals surface area contributed by atoms with Crippen LogP contribution in [0.5, 0.6) is 0 Å². The third kappa shape index (κ3) is 5.62. The Morgan fingerprint density at radius 3 is 2.55 bits per heavy atom. The van der Waals surface area contributed by atoms with Crippen LogP contribution >= 0.6 is 0 Å². The number of hydrogen-bond acceptors (Lipinski definition) is 6. The number of carbonyl (C=O) groups excluding carboxylic acids is 2. The largest absolute Gasteiger partial charge is 0.397 e. The molecule has 1 aliphatic heterocycles. The van der Waals surface area contributed by atoms with Crippen LogP contribution in [0, 0.1) is 5.92 Å². The average Bonchev–Trinajstić information content (AvgIpc) is 3.31. The second-order valence-electron chi connectivity index (χ2n) is 8.02. The molecule has 29 heavy (non-hydrogen) atoms. The quantitative estimate of drug-likeness (QED) is 0.651. The summed E-state index contributed by atoms with van der Waals surface area (Å²) in [7, 11) is 0. The van der Waals surface area contributed by atoms with E-state index in [0.717, 1.165) is 37.9 Å². The molecule has 8 nitrogen and oxygen atoms in total. The fourth-order valence-corrected chi connectivity index (χ4v) is 3.77. The fraction of sp³-hybridized carbons (Fsp3) is 0.571. The van der Waals surface area contributed by atoms with Gasteiger partial charge in [0.15, 0.2) is 0 Å². The zero-order valence-electron chi connectivity index (χ0n) is 17.3. The van der Waals surface area contributed by atoms with E-state index in [9.17, 15) is 9.59 Å². The number of aromatic nitrogens is 4. The Bertz CT molecular complexity index is 832. The number of nitrogens with zero attached hydrogens (tertiary/aromatic N) is 5. The minimum atomic E-state index is 0.115. The molecule has 1 amide bonds. The molecule has 0 radical (unpaired) electrons. The predicted octanol–water partition coefficient (Wildman–Crippen LogP) is 2.87. The lowest BCUT2D eigenvalue weighted by Crippen LogP contribution is -2.29. The van der Waals surface area contributed by atoms with Crippen molar-refractivity contribution in [2.24, 2.45) is 5.92 Å². The van der Waals surface area contributed by atoms with Crippen molar-refractivity contribution in [3.05, 3.63) is 24.5 Å². The molecule has 0 bridgehead atoms. The number of likely N-dealkylation sites (tertiary alicyclic amines) is 1. The number of nitrogen functional groups attached to an aromatic ring is 1. The molecule has 156 valence electrons. The Hall–Kier alpha value is -2.77. The first-order valence-corrected chi connectivity index (χ1v) is 10.3. The van der Waals surface area contributed by atoms with Gasteiger partial charge in [0.05, 0.1) is 29.8 Å². The third-order valence-electron chi connectivity index (χ3n) is 5.49. The van der Waals surface area contributed by atoms with Crippen molar-refractivity contribution in [2.75, 3.05) is 18.8 Å². The first-order valence-electron chi connectivity index (χ1n) is 10.3. The highest BCUT2D eigenvalue weighted by atomic mass is 16.2. The lowest BCUT2D eigenvalue weighted by Gasteiger charge is -2.16. The highest BCUT2D eigenvalue weighted by Crippen LogP contribution is 2.28. The number of unbranched alkanes of at least 4 members (excludes halogenated alkanes) is 3. The van der Waals surface area contributed by atoms with Crippen molar-refractivity contribution >= 4 is 17.4 Å². The fourth-order valence-electron chi connectivity index (χ4n) is 3.77. The average molecular weight is 399 g/mol. The molecule has 2 N–H and O–H groups in total. The van der Waals surface area contributed by atoms with Gasteiger partial charge in [0.25, 0.3) is 0 Å². The van der Waals surface area contributed by atoms with Gasteiger partial charge in [-0.3, -0.25) is 9.78 Å². The molecule has 2 atom stereocenters. The van der Waals surface area contributed by atoms with E-state index in [1.54, 1.807) is 19.2 Å². The summed E-state index contributed by atoms with van der Waals surface area (Å²) < 4.78 is 1.85. The zero-order chi connectivity index (χ0) is 20.8. The Labute approximate surface area is 171 Å². The van der Waals surface area contributed by atoms with Crippen LogP contribution in [-0.4, -0.2) is 49.7 Å². The van der Waals surface area contributed by atoms with Crippen molar-refractivity contribution in [2.45, 2.75) is 58.4 Å². The molecule has 0 aromatic carbocycles. The number of carbonyl (C=O) groups is 2. The van der Waals surface area contributed by atoms with E-state index >= 15 is 0 Å². The number of nitrogens with two attached hydrogens (primary N) is 1. The minimum absolute atomic E-state index is 0.115. The van der Waals surface area contributed by atoms with Crippen molar-refractivity contribution in [3.63, 3.8) is 0 Å². The van der Waals surface area contributed by atoms with Crippen LogP contribution in [0.2, 0.25) is 0 Å². The van der Waals surface area contributed by atoms with Gasteiger partial charge in [-0.05, 0) is 37.8 Å². The predicted molar refractivity (Wildman–Crippen MR) is 111 cm³/mol. The zero-order valence-corrected chi connectivity index (χ0v) is 17.3. The van der Waals surface area contributed by atoms with Crippen molar-refractivity contribution in [3.8, 4) is 11.4 Å². The number of hydrogen-bond donors (Lipinski definition) is 1. The molecule has 3 rings (SSSR count).